The van der Waals surface area contributed by atoms with Crippen LogP contribution in [0, 0.1) is 0 Å². The molecule has 0 heterocycles. The summed E-state index contributed by atoms with van der Waals surface area (Å²) >= 11 is 0. The van der Waals surface area contributed by atoms with Gasteiger partial charge >= 0.3 is 0 Å². The van der Waals surface area contributed by atoms with E-state index in [0.717, 1.165) is 12.8 Å². The Morgan fingerprint density at radius 2 is 2.33 bits per heavy atom. The zero-order valence-electron chi connectivity index (χ0n) is 6.06. The third-order valence-electron chi connectivity index (χ3n) is 1.26. The average molecular weight is 125 g/mol. The number of nitrogens with two attached hydrogens (primary N) is 1. The summed E-state index contributed by atoms with van der Waals surface area (Å²) in [6.45, 7) is 5.68. The van der Waals surface area contributed by atoms with Crippen molar-refractivity contribution in [3.05, 3.63) is 24.4 Å². The van der Waals surface area contributed by atoms with Gasteiger partial charge in [-0.3, -0.25) is 0 Å². The zero-order valence-corrected chi connectivity index (χ0v) is 6.06. The minimum atomic E-state index is 1.09. The molecule has 0 saturated carbocycles. The van der Waals surface area contributed by atoms with E-state index in [-0.39, 0.29) is 0 Å². The highest BCUT2D eigenvalue weighted by molar-refractivity contribution is 4.94. The Labute approximate surface area is 57.3 Å². The molecule has 0 atom stereocenters. The molecule has 0 saturated heterocycles. The molecule has 0 radical (unpaired) electrons. The molecular formula is C8H15N. The van der Waals surface area contributed by atoms with Gasteiger partial charge in [-0.25, -0.2) is 0 Å². The van der Waals surface area contributed by atoms with Gasteiger partial charge in [0.05, 0.1) is 0 Å². The molecule has 0 aliphatic heterocycles. The Morgan fingerprint density at radius 3 is 2.78 bits per heavy atom. The van der Waals surface area contributed by atoms with Crippen LogP contribution in [0.1, 0.15) is 26.2 Å². The van der Waals surface area contributed by atoms with Crippen molar-refractivity contribution in [3.63, 3.8) is 0 Å². The van der Waals surface area contributed by atoms with Crippen molar-refractivity contribution < 1.29 is 0 Å². The predicted octanol–water partition coefficient (Wildman–Crippen LogP) is 2.21. The molecule has 0 amide bonds. The second kappa shape index (κ2) is 5.42. The first kappa shape index (κ1) is 8.28. The number of hydrogen-bond acceptors (Lipinski definition) is 1. The fourth-order valence-corrected chi connectivity index (χ4v) is 0.609. The summed E-state index contributed by atoms with van der Waals surface area (Å²) in [5, 5.41) is 0. The number of rotatable bonds is 4. The van der Waals surface area contributed by atoms with Crippen molar-refractivity contribution in [2.24, 2.45) is 5.73 Å². The molecule has 0 bridgehead atoms. The summed E-state index contributed by atoms with van der Waals surface area (Å²) in [5.74, 6) is 0. The Bertz CT molecular complexity index is 103. The van der Waals surface area contributed by atoms with Crippen molar-refractivity contribution >= 4 is 0 Å². The molecule has 9 heavy (non-hydrogen) atoms. The molecule has 0 spiro atoms. The van der Waals surface area contributed by atoms with Crippen molar-refractivity contribution in [1.29, 1.82) is 0 Å². The van der Waals surface area contributed by atoms with Crippen LogP contribution in [0.2, 0.25) is 0 Å². The molecular weight excluding hydrogens is 110 g/mol. The highest BCUT2D eigenvalue weighted by Gasteiger charge is 1.85. The van der Waals surface area contributed by atoms with Gasteiger partial charge in [0.15, 0.2) is 0 Å². The van der Waals surface area contributed by atoms with Gasteiger partial charge in [-0.15, -0.1) is 6.58 Å². The van der Waals surface area contributed by atoms with Crippen LogP contribution in [-0.4, -0.2) is 0 Å². The lowest BCUT2D eigenvalue weighted by Crippen LogP contribution is -1.84. The Kier molecular flexibility index (Phi) is 4.98. The van der Waals surface area contributed by atoms with Gasteiger partial charge in [0.1, 0.15) is 0 Å². The number of hydrogen-bond donors (Lipinski definition) is 1. The third-order valence-corrected chi connectivity index (χ3v) is 1.26. The van der Waals surface area contributed by atoms with Gasteiger partial charge < -0.3 is 5.73 Å². The first-order valence-corrected chi connectivity index (χ1v) is 3.29. The van der Waals surface area contributed by atoms with Crippen molar-refractivity contribution in [1.82, 2.24) is 0 Å². The van der Waals surface area contributed by atoms with E-state index in [4.69, 9.17) is 5.73 Å². The first-order chi connectivity index (χ1) is 4.31. The smallest absolute Gasteiger partial charge is 0.00733 e. The van der Waals surface area contributed by atoms with Crippen LogP contribution in [0.25, 0.3) is 0 Å². The molecule has 0 aliphatic carbocycles. The van der Waals surface area contributed by atoms with Crippen LogP contribution in [0.3, 0.4) is 0 Å². The van der Waals surface area contributed by atoms with E-state index in [1.165, 1.54) is 12.0 Å². The molecule has 52 valence electrons. The fourth-order valence-electron chi connectivity index (χ4n) is 0.609. The lowest BCUT2D eigenvalue weighted by atomic mass is 10.1. The van der Waals surface area contributed by atoms with Gasteiger partial charge in [-0.1, -0.05) is 11.6 Å². The molecule has 0 aliphatic rings. The maximum absolute atomic E-state index is 5.27. The molecule has 0 aromatic carbocycles. The standard InChI is InChI=1S/C8H15N/c1-3-4-5-6-8(2)7-9/h3,7H,1,4-6,9H2,2H3/b8-7-. The van der Waals surface area contributed by atoms with Crippen molar-refractivity contribution in [3.8, 4) is 0 Å². The number of unbranched alkanes of at least 4 members (excludes halogenated alkanes) is 1. The summed E-state index contributed by atoms with van der Waals surface area (Å²) in [4.78, 5) is 0. The predicted molar refractivity (Wildman–Crippen MR) is 42.0 cm³/mol. The number of allylic oxidation sites excluding steroid dienone is 2. The van der Waals surface area contributed by atoms with E-state index in [1.54, 1.807) is 6.20 Å². The average Bonchev–Trinajstić information content (AvgIpc) is 1.89. The van der Waals surface area contributed by atoms with Crippen LogP contribution in [0.15, 0.2) is 24.4 Å². The van der Waals surface area contributed by atoms with Gasteiger partial charge in [0.25, 0.3) is 0 Å². The van der Waals surface area contributed by atoms with E-state index in [9.17, 15) is 0 Å². The Hall–Kier alpha value is -0.720. The largest absolute Gasteiger partial charge is 0.405 e. The van der Waals surface area contributed by atoms with Crippen LogP contribution < -0.4 is 5.73 Å². The van der Waals surface area contributed by atoms with Gasteiger partial charge in [-0.05, 0) is 32.4 Å². The third kappa shape index (κ3) is 5.15. The second-order valence-corrected chi connectivity index (χ2v) is 2.19. The summed E-state index contributed by atoms with van der Waals surface area (Å²) in [6.07, 6.45) is 6.96. The van der Waals surface area contributed by atoms with E-state index < -0.39 is 0 Å². The maximum atomic E-state index is 5.27. The monoisotopic (exact) mass is 125 g/mol. The minimum Gasteiger partial charge on any atom is -0.405 e. The Balaban J connectivity index is 3.17. The van der Waals surface area contributed by atoms with E-state index in [2.05, 4.69) is 6.58 Å². The summed E-state index contributed by atoms with van der Waals surface area (Å²) in [5.41, 5.74) is 6.53. The van der Waals surface area contributed by atoms with Gasteiger partial charge in [0.2, 0.25) is 0 Å². The molecule has 0 unspecified atom stereocenters. The van der Waals surface area contributed by atoms with Gasteiger partial charge in [0, 0.05) is 0 Å². The van der Waals surface area contributed by atoms with Crippen LogP contribution >= 0.6 is 0 Å². The van der Waals surface area contributed by atoms with E-state index in [0.29, 0.717) is 0 Å². The topological polar surface area (TPSA) is 26.0 Å². The zero-order chi connectivity index (χ0) is 7.11. The lowest BCUT2D eigenvalue weighted by molar-refractivity contribution is 0.831. The van der Waals surface area contributed by atoms with Crippen molar-refractivity contribution in [2.75, 3.05) is 0 Å². The van der Waals surface area contributed by atoms with Crippen LogP contribution in [0.5, 0.6) is 0 Å². The summed E-state index contributed by atoms with van der Waals surface area (Å²) < 4.78 is 0. The van der Waals surface area contributed by atoms with E-state index in [1.807, 2.05) is 13.0 Å². The molecule has 0 rings (SSSR count). The molecule has 2 N–H and O–H groups in total. The van der Waals surface area contributed by atoms with Crippen LogP contribution in [-0.2, 0) is 0 Å². The highest BCUT2D eigenvalue weighted by Crippen LogP contribution is 2.04. The fraction of sp³-hybridized carbons (Fsp3) is 0.500. The SMILES string of the molecule is C=CCCC/C(C)=C\N. The van der Waals surface area contributed by atoms with Crippen molar-refractivity contribution in [2.45, 2.75) is 26.2 Å². The molecule has 0 fully saturated rings. The summed E-state index contributed by atoms with van der Waals surface area (Å²) in [7, 11) is 0. The normalized spacial score (nSPS) is 11.4. The first-order valence-electron chi connectivity index (χ1n) is 3.29. The molecule has 0 aromatic rings. The van der Waals surface area contributed by atoms with E-state index >= 15 is 0 Å². The maximum Gasteiger partial charge on any atom is -0.00733 e. The molecule has 1 heteroatoms. The lowest BCUT2D eigenvalue weighted by Gasteiger charge is -1.95. The Morgan fingerprint density at radius 1 is 1.67 bits per heavy atom. The molecule has 0 aromatic heterocycles. The van der Waals surface area contributed by atoms with Crippen LogP contribution in [0.4, 0.5) is 0 Å². The highest BCUT2D eigenvalue weighted by atomic mass is 14.5. The summed E-state index contributed by atoms with van der Waals surface area (Å²) in [6, 6.07) is 0. The molecule has 1 nitrogen and oxygen atoms in total. The quantitative estimate of drug-likeness (QED) is 0.452. The second-order valence-electron chi connectivity index (χ2n) is 2.19. The van der Waals surface area contributed by atoms with Gasteiger partial charge in [-0.2, -0.15) is 0 Å². The minimum absolute atomic E-state index is 1.09.